The van der Waals surface area contributed by atoms with E-state index >= 15 is 0 Å². The quantitative estimate of drug-likeness (QED) is 0.563. The number of methoxy groups -OCH3 is 1. The zero-order chi connectivity index (χ0) is 17.7. The maximum Gasteiger partial charge on any atom is 0.342 e. The summed E-state index contributed by atoms with van der Waals surface area (Å²) in [5.41, 5.74) is -0.881. The fourth-order valence-electron chi connectivity index (χ4n) is 2.45. The molecule has 0 aliphatic heterocycles. The topological polar surface area (TPSA) is 66.8 Å². The SMILES string of the molecule is COC(=O)[C@@](O)([C@H](O)c1ccc(Cl)cc1)[C@@H](Br)Cc1ccccc1. The van der Waals surface area contributed by atoms with Crippen LogP contribution >= 0.6 is 27.5 Å². The van der Waals surface area contributed by atoms with Gasteiger partial charge in [0, 0.05) is 5.02 Å². The maximum atomic E-state index is 12.3. The van der Waals surface area contributed by atoms with Gasteiger partial charge in [0.1, 0.15) is 6.10 Å². The van der Waals surface area contributed by atoms with Crippen LogP contribution < -0.4 is 0 Å². The zero-order valence-corrected chi connectivity index (χ0v) is 15.4. The van der Waals surface area contributed by atoms with Crippen LogP contribution in [-0.4, -0.2) is 33.7 Å². The Morgan fingerprint density at radius 3 is 2.33 bits per heavy atom. The average Bonchev–Trinajstić information content (AvgIpc) is 2.61. The van der Waals surface area contributed by atoms with Crippen LogP contribution in [0.25, 0.3) is 0 Å². The number of aliphatic hydroxyl groups is 2. The highest BCUT2D eigenvalue weighted by Gasteiger charge is 2.50. The molecule has 3 atom stereocenters. The summed E-state index contributed by atoms with van der Waals surface area (Å²) < 4.78 is 4.74. The summed E-state index contributed by atoms with van der Waals surface area (Å²) in [6.07, 6.45) is -1.15. The Kier molecular flexibility index (Phi) is 6.40. The van der Waals surface area contributed by atoms with Crippen LogP contribution in [0.1, 0.15) is 17.2 Å². The summed E-state index contributed by atoms with van der Waals surface area (Å²) in [6.45, 7) is 0. The summed E-state index contributed by atoms with van der Waals surface area (Å²) in [5.74, 6) is -0.914. The third-order valence-electron chi connectivity index (χ3n) is 3.85. The van der Waals surface area contributed by atoms with Crippen LogP contribution in [-0.2, 0) is 16.0 Å². The Hall–Kier alpha value is -1.40. The molecule has 0 saturated carbocycles. The second-order valence-electron chi connectivity index (χ2n) is 5.43. The van der Waals surface area contributed by atoms with Crippen molar-refractivity contribution < 1.29 is 19.7 Å². The molecule has 128 valence electrons. The molecule has 2 aromatic rings. The number of carbonyl (C=O) groups excluding carboxylic acids is 1. The largest absolute Gasteiger partial charge is 0.467 e. The first-order valence-electron chi connectivity index (χ1n) is 7.32. The van der Waals surface area contributed by atoms with Gasteiger partial charge >= 0.3 is 5.97 Å². The number of ether oxygens (including phenoxy) is 1. The van der Waals surface area contributed by atoms with Gasteiger partial charge in [-0.25, -0.2) is 4.79 Å². The lowest BCUT2D eigenvalue weighted by Crippen LogP contribution is -2.53. The van der Waals surface area contributed by atoms with Crippen molar-refractivity contribution in [3.05, 3.63) is 70.7 Å². The van der Waals surface area contributed by atoms with Crippen LogP contribution in [0.3, 0.4) is 0 Å². The van der Waals surface area contributed by atoms with E-state index in [1.807, 2.05) is 30.3 Å². The third-order valence-corrected chi connectivity index (χ3v) is 5.12. The van der Waals surface area contributed by atoms with Crippen molar-refractivity contribution in [3.8, 4) is 0 Å². The molecule has 2 N–H and O–H groups in total. The molecule has 4 nitrogen and oxygen atoms in total. The summed E-state index contributed by atoms with van der Waals surface area (Å²) in [7, 11) is 1.17. The average molecular weight is 414 g/mol. The van der Waals surface area contributed by atoms with E-state index in [0.29, 0.717) is 17.0 Å². The lowest BCUT2D eigenvalue weighted by Gasteiger charge is -2.34. The fourth-order valence-corrected chi connectivity index (χ4v) is 3.39. The van der Waals surface area contributed by atoms with Crippen LogP contribution in [0.5, 0.6) is 0 Å². The number of carbonyl (C=O) groups is 1. The number of rotatable bonds is 6. The molecule has 24 heavy (non-hydrogen) atoms. The molecular weight excluding hydrogens is 396 g/mol. The number of hydrogen-bond donors (Lipinski definition) is 2. The minimum atomic E-state index is -2.15. The van der Waals surface area contributed by atoms with Crippen molar-refractivity contribution in [2.45, 2.75) is 23.0 Å². The summed E-state index contributed by atoms with van der Waals surface area (Å²) in [5, 5.41) is 22.1. The number of aliphatic hydroxyl groups excluding tert-OH is 1. The lowest BCUT2D eigenvalue weighted by molar-refractivity contribution is -0.175. The second-order valence-corrected chi connectivity index (χ2v) is 6.97. The van der Waals surface area contributed by atoms with Gasteiger partial charge in [-0.05, 0) is 29.7 Å². The highest BCUT2D eigenvalue weighted by atomic mass is 79.9. The monoisotopic (exact) mass is 412 g/mol. The van der Waals surface area contributed by atoms with E-state index in [4.69, 9.17) is 16.3 Å². The van der Waals surface area contributed by atoms with E-state index in [2.05, 4.69) is 15.9 Å². The number of esters is 1. The van der Waals surface area contributed by atoms with Gasteiger partial charge in [-0.1, -0.05) is 70.0 Å². The van der Waals surface area contributed by atoms with E-state index in [1.165, 1.54) is 7.11 Å². The van der Waals surface area contributed by atoms with E-state index in [-0.39, 0.29) is 0 Å². The van der Waals surface area contributed by atoms with Crippen molar-refractivity contribution in [2.24, 2.45) is 0 Å². The Morgan fingerprint density at radius 1 is 1.21 bits per heavy atom. The van der Waals surface area contributed by atoms with Crippen molar-refractivity contribution >= 4 is 33.5 Å². The van der Waals surface area contributed by atoms with Gasteiger partial charge < -0.3 is 14.9 Å². The maximum absolute atomic E-state index is 12.3. The van der Waals surface area contributed by atoms with Gasteiger partial charge in [0.05, 0.1) is 11.9 Å². The van der Waals surface area contributed by atoms with E-state index in [0.717, 1.165) is 5.56 Å². The first-order valence-corrected chi connectivity index (χ1v) is 8.61. The van der Waals surface area contributed by atoms with Crippen molar-refractivity contribution in [1.82, 2.24) is 0 Å². The minimum Gasteiger partial charge on any atom is -0.467 e. The second kappa shape index (κ2) is 8.12. The third kappa shape index (κ3) is 3.98. The highest BCUT2D eigenvalue weighted by Crippen LogP contribution is 2.36. The van der Waals surface area contributed by atoms with Crippen LogP contribution in [0.4, 0.5) is 0 Å². The molecule has 2 aromatic carbocycles. The van der Waals surface area contributed by atoms with Crippen LogP contribution in [0, 0.1) is 0 Å². The summed E-state index contributed by atoms with van der Waals surface area (Å²) >= 11 is 9.20. The van der Waals surface area contributed by atoms with Gasteiger partial charge in [0.2, 0.25) is 5.60 Å². The van der Waals surface area contributed by atoms with Gasteiger partial charge in [0.25, 0.3) is 0 Å². The van der Waals surface area contributed by atoms with Gasteiger partial charge in [0.15, 0.2) is 0 Å². The van der Waals surface area contributed by atoms with Crippen molar-refractivity contribution in [3.63, 3.8) is 0 Å². The summed E-state index contributed by atoms with van der Waals surface area (Å²) in [4.78, 5) is 11.5. The molecule has 0 saturated heterocycles. The van der Waals surface area contributed by atoms with Gasteiger partial charge in [-0.15, -0.1) is 0 Å². The van der Waals surface area contributed by atoms with Crippen molar-refractivity contribution in [2.75, 3.05) is 7.11 Å². The number of halogens is 2. The summed E-state index contributed by atoms with van der Waals surface area (Å²) in [6, 6.07) is 15.6. The van der Waals surface area contributed by atoms with E-state index in [1.54, 1.807) is 24.3 Å². The first-order chi connectivity index (χ1) is 11.4. The first kappa shape index (κ1) is 18.9. The predicted molar refractivity (Wildman–Crippen MR) is 96.2 cm³/mol. The van der Waals surface area contributed by atoms with Crippen LogP contribution in [0.2, 0.25) is 5.02 Å². The smallest absolute Gasteiger partial charge is 0.342 e. The standard InChI is InChI=1S/C18H18BrClO4/c1-24-17(22)18(23,15(19)11-12-5-3-2-4-6-12)16(21)13-7-9-14(20)10-8-13/h2-10,15-16,21,23H,11H2,1H3/t15-,16+,18-/m0/s1. The molecule has 0 spiro atoms. The Balaban J connectivity index is 2.34. The predicted octanol–water partition coefficient (Wildman–Crippen LogP) is 3.28. The van der Waals surface area contributed by atoms with Crippen molar-refractivity contribution in [1.29, 1.82) is 0 Å². The normalized spacial score (nSPS) is 16.0. The molecule has 0 aliphatic carbocycles. The number of benzene rings is 2. The zero-order valence-electron chi connectivity index (χ0n) is 13.0. The molecule has 0 amide bonds. The molecule has 0 aliphatic rings. The molecule has 0 aromatic heterocycles. The Morgan fingerprint density at radius 2 is 1.79 bits per heavy atom. The van der Waals surface area contributed by atoms with E-state index in [9.17, 15) is 15.0 Å². The number of alkyl halides is 1. The van der Waals surface area contributed by atoms with Gasteiger partial charge in [-0.2, -0.15) is 0 Å². The molecular formula is C18H18BrClO4. The van der Waals surface area contributed by atoms with Gasteiger partial charge in [-0.3, -0.25) is 0 Å². The molecule has 0 radical (unpaired) electrons. The van der Waals surface area contributed by atoms with E-state index < -0.39 is 22.5 Å². The number of hydrogen-bond acceptors (Lipinski definition) is 4. The lowest BCUT2D eigenvalue weighted by atomic mass is 9.85. The molecule has 2 rings (SSSR count). The molecule has 0 heterocycles. The molecule has 6 heteroatoms. The fraction of sp³-hybridized carbons (Fsp3) is 0.278. The molecule has 0 bridgehead atoms. The molecule has 0 fully saturated rings. The molecule has 0 unspecified atom stereocenters. The minimum absolute atomic E-state index is 0.330. The Bertz CT molecular complexity index is 677. The van der Waals surface area contributed by atoms with Crippen LogP contribution in [0.15, 0.2) is 54.6 Å². The highest BCUT2D eigenvalue weighted by molar-refractivity contribution is 9.09. The Labute approximate surface area is 154 Å².